The maximum atomic E-state index is 12.0. The van der Waals surface area contributed by atoms with Crippen molar-refractivity contribution < 1.29 is 5.21 Å². The minimum absolute atomic E-state index is 0.0345. The van der Waals surface area contributed by atoms with Gasteiger partial charge in [0.25, 0.3) is 5.56 Å². The number of anilines is 2. The highest BCUT2D eigenvalue weighted by atomic mass is 16.5. The second kappa shape index (κ2) is 4.83. The van der Waals surface area contributed by atoms with Crippen LogP contribution in [0.4, 0.5) is 11.4 Å². The smallest absolute Gasteiger partial charge is 0.252 e. The molecule has 0 amide bonds. The zero-order chi connectivity index (χ0) is 14.3. The standard InChI is InChI=1S/C15H19N3O2/c1-9(10-3-4-10)16-13-8-15(19)18(2)14-6-5-11(17-20)7-12(13)14/h5-10,16-17,20H,3-4H2,1-2H3. The molecular formula is C15H19N3O2. The average Bonchev–Trinajstić information content (AvgIpc) is 3.28. The van der Waals surface area contributed by atoms with Crippen molar-refractivity contribution in [3.05, 3.63) is 34.6 Å². The quantitative estimate of drug-likeness (QED) is 0.749. The average molecular weight is 273 g/mol. The summed E-state index contributed by atoms with van der Waals surface area (Å²) in [5.41, 5.74) is 4.41. The lowest BCUT2D eigenvalue weighted by Gasteiger charge is -2.17. The highest BCUT2D eigenvalue weighted by Gasteiger charge is 2.28. The lowest BCUT2D eigenvalue weighted by Crippen LogP contribution is -2.22. The number of nitrogens with zero attached hydrogens (tertiary/aromatic N) is 1. The van der Waals surface area contributed by atoms with Crippen LogP contribution in [-0.2, 0) is 7.05 Å². The molecule has 1 aromatic carbocycles. The second-order valence-corrected chi connectivity index (χ2v) is 5.57. The van der Waals surface area contributed by atoms with Gasteiger partial charge >= 0.3 is 0 Å². The fraction of sp³-hybridized carbons (Fsp3) is 0.400. The number of nitrogens with one attached hydrogen (secondary N) is 2. The lowest BCUT2D eigenvalue weighted by molar-refractivity contribution is 0.389. The summed E-state index contributed by atoms with van der Waals surface area (Å²) in [4.78, 5) is 12.0. The van der Waals surface area contributed by atoms with Gasteiger partial charge in [-0.05, 0) is 43.9 Å². The molecule has 5 nitrogen and oxygen atoms in total. The molecule has 2 aromatic rings. The second-order valence-electron chi connectivity index (χ2n) is 5.57. The van der Waals surface area contributed by atoms with Gasteiger partial charge in [-0.3, -0.25) is 15.5 Å². The first-order valence-corrected chi connectivity index (χ1v) is 6.90. The monoisotopic (exact) mass is 273 g/mol. The Balaban J connectivity index is 2.12. The summed E-state index contributed by atoms with van der Waals surface area (Å²) in [6, 6.07) is 7.41. The Morgan fingerprint density at radius 2 is 2.10 bits per heavy atom. The summed E-state index contributed by atoms with van der Waals surface area (Å²) >= 11 is 0. The number of pyridine rings is 1. The van der Waals surface area contributed by atoms with Crippen molar-refractivity contribution in [1.82, 2.24) is 4.57 Å². The van der Waals surface area contributed by atoms with Crippen LogP contribution < -0.4 is 16.4 Å². The number of hydrogen-bond donors (Lipinski definition) is 3. The normalized spacial score (nSPS) is 16.1. The molecule has 0 radical (unpaired) electrons. The third-order valence-corrected chi connectivity index (χ3v) is 4.09. The summed E-state index contributed by atoms with van der Waals surface area (Å²) in [5, 5.41) is 13.4. The Morgan fingerprint density at radius 3 is 2.75 bits per heavy atom. The summed E-state index contributed by atoms with van der Waals surface area (Å²) in [6.07, 6.45) is 2.50. The van der Waals surface area contributed by atoms with Crippen LogP contribution in [-0.4, -0.2) is 15.8 Å². The third kappa shape index (κ3) is 2.25. The van der Waals surface area contributed by atoms with Crippen molar-refractivity contribution in [3.63, 3.8) is 0 Å². The Kier molecular flexibility index (Phi) is 3.14. The van der Waals surface area contributed by atoms with Crippen molar-refractivity contribution in [2.45, 2.75) is 25.8 Å². The van der Waals surface area contributed by atoms with E-state index < -0.39 is 0 Å². The molecule has 0 spiro atoms. The van der Waals surface area contributed by atoms with E-state index in [1.54, 1.807) is 23.7 Å². The molecule has 1 aromatic heterocycles. The molecule has 1 heterocycles. The highest BCUT2D eigenvalue weighted by Crippen LogP contribution is 2.35. The Bertz CT molecular complexity index is 704. The van der Waals surface area contributed by atoms with Crippen LogP contribution in [0.25, 0.3) is 10.9 Å². The maximum Gasteiger partial charge on any atom is 0.252 e. The molecule has 1 aliphatic carbocycles. The molecule has 1 unspecified atom stereocenters. The third-order valence-electron chi connectivity index (χ3n) is 4.09. The Labute approximate surface area is 117 Å². The van der Waals surface area contributed by atoms with E-state index in [4.69, 9.17) is 5.21 Å². The van der Waals surface area contributed by atoms with Crippen molar-refractivity contribution in [3.8, 4) is 0 Å². The zero-order valence-electron chi connectivity index (χ0n) is 11.7. The van der Waals surface area contributed by atoms with Gasteiger partial charge in [-0.2, -0.15) is 0 Å². The number of benzene rings is 1. The van der Waals surface area contributed by atoms with Gasteiger partial charge in [0.1, 0.15) is 0 Å². The molecule has 1 saturated carbocycles. The zero-order valence-corrected chi connectivity index (χ0v) is 11.7. The first-order valence-electron chi connectivity index (χ1n) is 6.90. The molecule has 106 valence electrons. The molecule has 0 bridgehead atoms. The molecule has 1 atom stereocenters. The van der Waals surface area contributed by atoms with Crippen LogP contribution in [0.15, 0.2) is 29.1 Å². The van der Waals surface area contributed by atoms with Gasteiger partial charge in [0.2, 0.25) is 0 Å². The highest BCUT2D eigenvalue weighted by molar-refractivity contribution is 5.93. The number of fused-ring (bicyclic) bond motifs is 1. The SMILES string of the molecule is CC(Nc1cc(=O)n(C)c2ccc(NO)cc12)C1CC1. The molecule has 3 rings (SSSR count). The van der Waals surface area contributed by atoms with Gasteiger partial charge in [0, 0.05) is 30.2 Å². The van der Waals surface area contributed by atoms with Gasteiger partial charge in [-0.15, -0.1) is 0 Å². The van der Waals surface area contributed by atoms with E-state index in [0.29, 0.717) is 17.6 Å². The van der Waals surface area contributed by atoms with E-state index in [1.165, 1.54) is 12.8 Å². The molecular weight excluding hydrogens is 254 g/mol. The van der Waals surface area contributed by atoms with Gasteiger partial charge in [0.15, 0.2) is 0 Å². The van der Waals surface area contributed by atoms with Crippen LogP contribution in [0, 0.1) is 5.92 Å². The van der Waals surface area contributed by atoms with E-state index in [1.807, 2.05) is 12.1 Å². The molecule has 5 heteroatoms. The van der Waals surface area contributed by atoms with Crippen LogP contribution in [0.1, 0.15) is 19.8 Å². The maximum absolute atomic E-state index is 12.0. The van der Waals surface area contributed by atoms with E-state index in [0.717, 1.165) is 16.6 Å². The predicted octanol–water partition coefficient (Wildman–Crippen LogP) is 2.55. The number of rotatable bonds is 4. The van der Waals surface area contributed by atoms with Crippen molar-refractivity contribution in [2.75, 3.05) is 10.8 Å². The summed E-state index contributed by atoms with van der Waals surface area (Å²) in [6.45, 7) is 2.15. The van der Waals surface area contributed by atoms with Gasteiger partial charge in [-0.1, -0.05) is 0 Å². The van der Waals surface area contributed by atoms with Gasteiger partial charge < -0.3 is 9.88 Å². The minimum atomic E-state index is -0.0345. The van der Waals surface area contributed by atoms with Gasteiger partial charge in [-0.25, -0.2) is 0 Å². The number of hydrogen-bond acceptors (Lipinski definition) is 4. The van der Waals surface area contributed by atoms with E-state index in [9.17, 15) is 4.79 Å². The molecule has 20 heavy (non-hydrogen) atoms. The first kappa shape index (κ1) is 13.0. The van der Waals surface area contributed by atoms with Crippen LogP contribution in [0.5, 0.6) is 0 Å². The Morgan fingerprint density at radius 1 is 1.35 bits per heavy atom. The van der Waals surface area contributed by atoms with E-state index >= 15 is 0 Å². The summed E-state index contributed by atoms with van der Waals surface area (Å²) in [5.74, 6) is 0.702. The molecule has 3 N–H and O–H groups in total. The molecule has 0 saturated heterocycles. The fourth-order valence-corrected chi connectivity index (χ4v) is 2.61. The topological polar surface area (TPSA) is 66.3 Å². The minimum Gasteiger partial charge on any atom is -0.382 e. The van der Waals surface area contributed by atoms with Crippen molar-refractivity contribution in [2.24, 2.45) is 13.0 Å². The number of aryl methyl sites for hydroxylation is 1. The Hall–Kier alpha value is -2.01. The first-order chi connectivity index (χ1) is 9.60. The predicted molar refractivity (Wildman–Crippen MR) is 80.4 cm³/mol. The van der Waals surface area contributed by atoms with Gasteiger partial charge in [0.05, 0.1) is 11.2 Å². The summed E-state index contributed by atoms with van der Waals surface area (Å²) < 4.78 is 1.61. The largest absolute Gasteiger partial charge is 0.382 e. The summed E-state index contributed by atoms with van der Waals surface area (Å²) in [7, 11) is 1.75. The fourth-order valence-electron chi connectivity index (χ4n) is 2.61. The van der Waals surface area contributed by atoms with Crippen LogP contribution >= 0.6 is 0 Å². The van der Waals surface area contributed by atoms with Crippen LogP contribution in [0.2, 0.25) is 0 Å². The molecule has 1 fully saturated rings. The lowest BCUT2D eigenvalue weighted by atomic mass is 10.1. The van der Waals surface area contributed by atoms with E-state index in [-0.39, 0.29) is 5.56 Å². The molecule has 0 aliphatic heterocycles. The van der Waals surface area contributed by atoms with Crippen LogP contribution in [0.3, 0.4) is 0 Å². The van der Waals surface area contributed by atoms with Crippen molar-refractivity contribution >= 4 is 22.3 Å². The molecule has 1 aliphatic rings. The van der Waals surface area contributed by atoms with Crippen molar-refractivity contribution in [1.29, 1.82) is 0 Å². The number of aromatic nitrogens is 1. The van der Waals surface area contributed by atoms with E-state index in [2.05, 4.69) is 17.7 Å².